The largest absolute Gasteiger partial charge is 0.467 e. The van der Waals surface area contributed by atoms with E-state index >= 15 is 0 Å². The molecule has 5 heteroatoms. The van der Waals surface area contributed by atoms with Crippen molar-refractivity contribution in [3.63, 3.8) is 0 Å². The number of hydrogen-bond donors (Lipinski definition) is 1. The number of benzene rings is 2. The Labute approximate surface area is 193 Å². The highest BCUT2D eigenvalue weighted by Crippen LogP contribution is 2.35. The highest BCUT2D eigenvalue weighted by atomic mass is 28.3. The molecule has 0 saturated heterocycles. The lowest BCUT2D eigenvalue weighted by Gasteiger charge is -2.32. The van der Waals surface area contributed by atoms with Gasteiger partial charge in [-0.2, -0.15) is 0 Å². The van der Waals surface area contributed by atoms with Crippen molar-refractivity contribution in [1.29, 1.82) is 0 Å². The van der Waals surface area contributed by atoms with Crippen molar-refractivity contribution in [3.05, 3.63) is 71.8 Å². The van der Waals surface area contributed by atoms with Gasteiger partial charge in [0.1, 0.15) is 14.1 Å². The second kappa shape index (κ2) is 10.2. The molecule has 0 radical (unpaired) electrons. The first-order valence-corrected chi connectivity index (χ1v) is 13.9. The number of ether oxygens (including phenoxy) is 1. The van der Waals surface area contributed by atoms with Crippen LogP contribution in [0.5, 0.6) is 0 Å². The molecule has 0 heterocycles. The lowest BCUT2D eigenvalue weighted by molar-refractivity contribution is -0.145. The van der Waals surface area contributed by atoms with Crippen molar-refractivity contribution in [2.24, 2.45) is 0 Å². The van der Waals surface area contributed by atoms with Gasteiger partial charge in [0.25, 0.3) is 0 Å². The molecular formula is C27H35NO3Si. The molecule has 0 bridgehead atoms. The topological polar surface area (TPSA) is 55.4 Å². The predicted octanol–water partition coefficient (Wildman–Crippen LogP) is 5.09. The van der Waals surface area contributed by atoms with Crippen molar-refractivity contribution >= 4 is 20.0 Å². The first-order valence-electron chi connectivity index (χ1n) is 10.9. The summed E-state index contributed by atoms with van der Waals surface area (Å²) in [5.74, 6) is 2.42. The Kier molecular flexibility index (Phi) is 8.09. The Morgan fingerprint density at radius 3 is 1.81 bits per heavy atom. The van der Waals surface area contributed by atoms with E-state index in [9.17, 15) is 9.59 Å². The van der Waals surface area contributed by atoms with Crippen molar-refractivity contribution in [3.8, 4) is 11.5 Å². The molecule has 0 fully saturated rings. The normalized spacial score (nSPS) is 12.8. The summed E-state index contributed by atoms with van der Waals surface area (Å²) in [6.45, 7) is 12.9. The Balaban J connectivity index is 2.38. The van der Waals surface area contributed by atoms with Crippen LogP contribution in [0.4, 0.5) is 0 Å². The second-order valence-electron chi connectivity index (χ2n) is 9.79. The van der Waals surface area contributed by atoms with Crippen LogP contribution in [0.15, 0.2) is 60.7 Å². The van der Waals surface area contributed by atoms with Crippen LogP contribution in [-0.4, -0.2) is 33.1 Å². The fraction of sp³-hybridized carbons (Fsp3) is 0.407. The van der Waals surface area contributed by atoms with Crippen LogP contribution in [0.1, 0.15) is 45.2 Å². The summed E-state index contributed by atoms with van der Waals surface area (Å²) in [5.41, 5.74) is 4.14. The van der Waals surface area contributed by atoms with Crippen LogP contribution < -0.4 is 5.32 Å². The molecule has 0 aromatic heterocycles. The molecule has 0 saturated carbocycles. The third-order valence-corrected chi connectivity index (χ3v) is 11.1. The van der Waals surface area contributed by atoms with Crippen LogP contribution in [-0.2, 0) is 19.7 Å². The molecular weight excluding hydrogens is 414 g/mol. The number of carbonyl (C=O) groups excluding carboxylic acids is 2. The van der Waals surface area contributed by atoms with E-state index in [4.69, 9.17) is 4.74 Å². The van der Waals surface area contributed by atoms with Gasteiger partial charge in [0.15, 0.2) is 0 Å². The molecule has 0 spiro atoms. The van der Waals surface area contributed by atoms with E-state index in [1.54, 1.807) is 0 Å². The molecule has 0 aliphatic rings. The van der Waals surface area contributed by atoms with Crippen LogP contribution >= 0.6 is 0 Å². The van der Waals surface area contributed by atoms with Gasteiger partial charge >= 0.3 is 5.97 Å². The summed E-state index contributed by atoms with van der Waals surface area (Å²) in [5, 5.41) is 3.04. The second-order valence-corrected chi connectivity index (χ2v) is 14.8. The third-order valence-electron chi connectivity index (χ3n) is 6.53. The van der Waals surface area contributed by atoms with Gasteiger partial charge in [0, 0.05) is 6.42 Å². The Bertz CT molecular complexity index is 943. The number of amides is 1. The van der Waals surface area contributed by atoms with Crippen LogP contribution in [0.2, 0.25) is 18.1 Å². The summed E-state index contributed by atoms with van der Waals surface area (Å²) >= 11 is 0. The molecule has 32 heavy (non-hydrogen) atoms. The van der Waals surface area contributed by atoms with E-state index in [1.807, 2.05) is 67.6 Å². The molecule has 4 nitrogen and oxygen atoms in total. The smallest absolute Gasteiger partial charge is 0.329 e. The Hall–Kier alpha value is -2.84. The summed E-state index contributed by atoms with van der Waals surface area (Å²) in [7, 11) is -0.495. The van der Waals surface area contributed by atoms with Crippen LogP contribution in [0.25, 0.3) is 0 Å². The monoisotopic (exact) mass is 449 g/mol. The zero-order valence-electron chi connectivity index (χ0n) is 20.3. The number of esters is 1. The summed E-state index contributed by atoms with van der Waals surface area (Å²) in [6.07, 6.45) is 0.213. The lowest BCUT2D eigenvalue weighted by atomic mass is 9.75. The zero-order valence-corrected chi connectivity index (χ0v) is 21.3. The van der Waals surface area contributed by atoms with Gasteiger partial charge in [-0.3, -0.25) is 4.79 Å². The highest BCUT2D eigenvalue weighted by molar-refractivity contribution is 6.87. The molecule has 0 unspecified atom stereocenters. The van der Waals surface area contributed by atoms with Crippen molar-refractivity contribution in [1.82, 2.24) is 5.32 Å². The van der Waals surface area contributed by atoms with E-state index in [2.05, 4.69) is 50.6 Å². The van der Waals surface area contributed by atoms with Gasteiger partial charge in [0.05, 0.1) is 12.5 Å². The maximum Gasteiger partial charge on any atom is 0.329 e. The number of hydrogen-bond acceptors (Lipinski definition) is 3. The molecule has 1 atom stereocenters. The molecule has 0 aliphatic carbocycles. The average Bonchev–Trinajstić information content (AvgIpc) is 2.77. The van der Waals surface area contributed by atoms with Crippen molar-refractivity contribution in [2.45, 2.75) is 63.7 Å². The number of methoxy groups -OCH3 is 1. The minimum atomic E-state index is -1.82. The molecule has 1 N–H and O–H groups in total. The molecule has 0 aliphatic heterocycles. The first kappa shape index (κ1) is 25.4. The van der Waals surface area contributed by atoms with Gasteiger partial charge in [-0.05, 0) is 23.1 Å². The fourth-order valence-corrected chi connectivity index (χ4v) is 4.09. The van der Waals surface area contributed by atoms with Gasteiger partial charge in [-0.15, -0.1) is 11.5 Å². The third kappa shape index (κ3) is 5.69. The van der Waals surface area contributed by atoms with E-state index < -0.39 is 25.5 Å². The summed E-state index contributed by atoms with van der Waals surface area (Å²) in [6, 6.07) is 18.3. The van der Waals surface area contributed by atoms with Gasteiger partial charge < -0.3 is 10.1 Å². The zero-order chi connectivity index (χ0) is 24.0. The number of rotatable bonds is 6. The van der Waals surface area contributed by atoms with E-state index in [0.29, 0.717) is 0 Å². The number of nitrogens with one attached hydrogen (secondary N) is 1. The SMILES string of the molecule is COC(=O)[C@@H](CC#C[Si](C)(C)C(C)(C)C)NC(=O)C(C)(c1ccccc1)c1ccccc1. The predicted molar refractivity (Wildman–Crippen MR) is 133 cm³/mol. The quantitative estimate of drug-likeness (QED) is 0.380. The van der Waals surface area contributed by atoms with E-state index in [-0.39, 0.29) is 17.4 Å². The van der Waals surface area contributed by atoms with Crippen molar-refractivity contribution < 1.29 is 14.3 Å². The standard InChI is InChI=1S/C27H35NO3Si/c1-26(2,3)32(6,7)20-14-19-23(24(29)31-5)28-25(30)27(4,21-15-10-8-11-16-21)22-17-12-9-13-18-22/h8-13,15-18,23H,19H2,1-7H3,(H,28,30)/t23-/m1/s1. The van der Waals surface area contributed by atoms with Crippen LogP contribution in [0.3, 0.4) is 0 Å². The van der Waals surface area contributed by atoms with Gasteiger partial charge in [-0.1, -0.05) is 94.5 Å². The average molecular weight is 450 g/mol. The molecule has 170 valence electrons. The summed E-state index contributed by atoms with van der Waals surface area (Å²) < 4.78 is 4.98. The van der Waals surface area contributed by atoms with Crippen LogP contribution in [0, 0.1) is 11.5 Å². The maximum atomic E-state index is 13.7. The number of carbonyl (C=O) groups is 2. The minimum absolute atomic E-state index is 0.114. The van der Waals surface area contributed by atoms with Crippen molar-refractivity contribution in [2.75, 3.05) is 7.11 Å². The van der Waals surface area contributed by atoms with E-state index in [1.165, 1.54) is 7.11 Å². The first-order chi connectivity index (χ1) is 14.9. The lowest BCUT2D eigenvalue weighted by Crippen LogP contribution is -2.50. The van der Waals surface area contributed by atoms with Gasteiger partial charge in [0.2, 0.25) is 5.91 Å². The van der Waals surface area contributed by atoms with Gasteiger partial charge in [-0.25, -0.2) is 4.79 Å². The molecule has 1 amide bonds. The maximum absolute atomic E-state index is 13.7. The highest BCUT2D eigenvalue weighted by Gasteiger charge is 2.39. The van der Waals surface area contributed by atoms with E-state index in [0.717, 1.165) is 11.1 Å². The molecule has 2 rings (SSSR count). The minimum Gasteiger partial charge on any atom is -0.467 e. The summed E-state index contributed by atoms with van der Waals surface area (Å²) in [4.78, 5) is 26.2. The fourth-order valence-electron chi connectivity index (χ4n) is 3.17. The Morgan fingerprint density at radius 2 is 1.41 bits per heavy atom. The Morgan fingerprint density at radius 1 is 0.938 bits per heavy atom. The molecule has 2 aromatic carbocycles. The molecule has 2 aromatic rings.